The van der Waals surface area contributed by atoms with Crippen LogP contribution in [-0.4, -0.2) is 34.6 Å². The van der Waals surface area contributed by atoms with Crippen LogP contribution >= 0.6 is 15.8 Å². The van der Waals surface area contributed by atoms with E-state index in [1.165, 1.54) is 18.4 Å². The molecule has 0 bridgehead atoms. The molecule has 0 aromatic heterocycles. The Labute approximate surface area is 160 Å². The molecule has 1 unspecified atom stereocenters. The second-order valence-electron chi connectivity index (χ2n) is 7.89. The highest BCUT2D eigenvalue weighted by atomic mass is 31.1. The number of esters is 2. The topological polar surface area (TPSA) is 43.4 Å². The summed E-state index contributed by atoms with van der Waals surface area (Å²) in [7, 11) is -1.27. The molecule has 2 saturated heterocycles. The van der Waals surface area contributed by atoms with Crippen LogP contribution in [0.5, 0.6) is 0 Å². The molecule has 3 heterocycles. The molecule has 26 heavy (non-hydrogen) atoms. The first-order chi connectivity index (χ1) is 12.4. The summed E-state index contributed by atoms with van der Waals surface area (Å²) in [6.45, 7) is 13.0. The molecule has 0 aliphatic carbocycles. The van der Waals surface area contributed by atoms with Gasteiger partial charge in [-0.05, 0) is 68.8 Å². The number of hydrogen-bond acceptors (Lipinski definition) is 3. The molecule has 0 saturated carbocycles. The Bertz CT molecular complexity index is 627. The SMILES string of the molecule is C=C(C)[C@@H]1CC[C@@H](CC)P1C1=C(P2[C@@H](CC)CC[C@@H]2CC)C(=O)OC1=O. The highest BCUT2D eigenvalue weighted by molar-refractivity contribution is 7.70. The maximum Gasteiger partial charge on any atom is 0.347 e. The zero-order valence-corrected chi connectivity index (χ0v) is 18.4. The van der Waals surface area contributed by atoms with Gasteiger partial charge < -0.3 is 4.74 Å². The third-order valence-electron chi connectivity index (χ3n) is 6.42. The Morgan fingerprint density at radius 2 is 1.31 bits per heavy atom. The Balaban J connectivity index is 2.12. The summed E-state index contributed by atoms with van der Waals surface area (Å²) in [6, 6.07) is 0. The quantitative estimate of drug-likeness (QED) is 0.236. The Kier molecular flexibility index (Phi) is 6.41. The first-order valence-corrected chi connectivity index (χ1v) is 13.1. The normalized spacial score (nSPS) is 35.5. The van der Waals surface area contributed by atoms with Gasteiger partial charge in [-0.2, -0.15) is 0 Å². The van der Waals surface area contributed by atoms with E-state index in [4.69, 9.17) is 4.74 Å². The maximum absolute atomic E-state index is 12.9. The van der Waals surface area contributed by atoms with Gasteiger partial charge in [-0.15, -0.1) is 0 Å². The summed E-state index contributed by atoms with van der Waals surface area (Å²) < 4.78 is 5.27. The number of rotatable bonds is 6. The maximum atomic E-state index is 12.9. The summed E-state index contributed by atoms with van der Waals surface area (Å²) in [5, 5.41) is 1.67. The van der Waals surface area contributed by atoms with Gasteiger partial charge in [0.1, 0.15) is 0 Å². The number of hydrogen-bond donors (Lipinski definition) is 0. The molecule has 0 amide bonds. The average molecular weight is 394 g/mol. The lowest BCUT2D eigenvalue weighted by molar-refractivity contribution is -0.150. The first-order valence-electron chi connectivity index (χ1n) is 10.2. The van der Waals surface area contributed by atoms with E-state index in [0.717, 1.165) is 42.7 Å². The van der Waals surface area contributed by atoms with E-state index in [9.17, 15) is 9.59 Å². The van der Waals surface area contributed by atoms with Crippen LogP contribution in [0, 0.1) is 0 Å². The smallest absolute Gasteiger partial charge is 0.347 e. The first kappa shape index (κ1) is 20.2. The fourth-order valence-electron chi connectivity index (χ4n) is 5.06. The minimum Gasteiger partial charge on any atom is -0.386 e. The van der Waals surface area contributed by atoms with Gasteiger partial charge in [0, 0.05) is 5.66 Å². The van der Waals surface area contributed by atoms with Gasteiger partial charge in [0.15, 0.2) is 0 Å². The van der Waals surface area contributed by atoms with Crippen molar-refractivity contribution in [3.05, 3.63) is 22.8 Å². The van der Waals surface area contributed by atoms with Crippen LogP contribution in [-0.2, 0) is 14.3 Å². The predicted molar refractivity (Wildman–Crippen MR) is 111 cm³/mol. The summed E-state index contributed by atoms with van der Waals surface area (Å²) in [6.07, 6.45) is 7.89. The van der Waals surface area contributed by atoms with E-state index in [-0.39, 0.29) is 11.9 Å². The number of allylic oxidation sites excluding steroid dienone is 1. The van der Waals surface area contributed by atoms with Crippen molar-refractivity contribution in [1.82, 2.24) is 0 Å². The van der Waals surface area contributed by atoms with Crippen molar-refractivity contribution in [2.24, 2.45) is 0 Å². The van der Waals surface area contributed by atoms with E-state index in [1.807, 2.05) is 0 Å². The molecule has 0 radical (unpaired) electrons. The monoisotopic (exact) mass is 394 g/mol. The number of cyclic esters (lactones) is 2. The molecule has 0 spiro atoms. The molecule has 3 aliphatic rings. The number of ether oxygens (including phenoxy) is 1. The van der Waals surface area contributed by atoms with Gasteiger partial charge in [0.25, 0.3) is 0 Å². The van der Waals surface area contributed by atoms with Crippen molar-refractivity contribution in [1.29, 1.82) is 0 Å². The van der Waals surface area contributed by atoms with Crippen LogP contribution in [0.4, 0.5) is 0 Å². The molecule has 3 aliphatic heterocycles. The van der Waals surface area contributed by atoms with Crippen LogP contribution in [0.3, 0.4) is 0 Å². The highest BCUT2D eigenvalue weighted by Crippen LogP contribution is 2.72. The summed E-state index contributed by atoms with van der Waals surface area (Å²) in [4.78, 5) is 25.7. The van der Waals surface area contributed by atoms with Crippen LogP contribution in [0.15, 0.2) is 22.8 Å². The Morgan fingerprint density at radius 1 is 0.885 bits per heavy atom. The van der Waals surface area contributed by atoms with E-state index in [0.29, 0.717) is 22.6 Å². The molecule has 0 N–H and O–H groups in total. The van der Waals surface area contributed by atoms with Gasteiger partial charge in [-0.25, -0.2) is 9.59 Å². The number of carbonyl (C=O) groups is 2. The zero-order valence-electron chi connectivity index (χ0n) is 16.6. The van der Waals surface area contributed by atoms with E-state index in [2.05, 4.69) is 34.3 Å². The van der Waals surface area contributed by atoms with Crippen LogP contribution in [0.2, 0.25) is 0 Å². The van der Waals surface area contributed by atoms with E-state index < -0.39 is 15.8 Å². The van der Waals surface area contributed by atoms with Crippen LogP contribution in [0.1, 0.15) is 72.6 Å². The third-order valence-corrected chi connectivity index (χ3v) is 14.0. The van der Waals surface area contributed by atoms with Gasteiger partial charge >= 0.3 is 11.9 Å². The van der Waals surface area contributed by atoms with Gasteiger partial charge in [-0.3, -0.25) is 0 Å². The molecule has 5 heteroatoms. The van der Waals surface area contributed by atoms with Gasteiger partial charge in [0.2, 0.25) is 0 Å². The molecule has 0 aromatic rings. The molecule has 5 atom stereocenters. The summed E-state index contributed by atoms with van der Waals surface area (Å²) in [5.41, 5.74) is 3.20. The van der Waals surface area contributed by atoms with E-state index >= 15 is 0 Å². The molecular formula is C21H32O3P2. The second-order valence-corrected chi connectivity index (χ2v) is 13.2. The molecule has 144 valence electrons. The number of carbonyl (C=O) groups excluding carboxylic acids is 2. The van der Waals surface area contributed by atoms with Crippen molar-refractivity contribution in [2.75, 3.05) is 0 Å². The zero-order chi connectivity index (χ0) is 19.0. The average Bonchev–Trinajstić information content (AvgIpc) is 3.28. The van der Waals surface area contributed by atoms with Gasteiger partial charge in [-0.1, -0.05) is 48.8 Å². The second kappa shape index (κ2) is 8.24. The Hall–Kier alpha value is -0.520. The summed E-state index contributed by atoms with van der Waals surface area (Å²) >= 11 is 0. The molecule has 3 nitrogen and oxygen atoms in total. The molecule has 0 aromatic carbocycles. The standard InChI is InChI=1S/C21H32O3P2/c1-6-14-9-10-15(7-2)25(14)18-19(21(23)24-20(18)22)26-16(8-3)11-12-17(26)13(4)5/h14-17H,4,6-12H2,1-3,5H3/t14-,15-,16+,17-,26?/m0/s1. The van der Waals surface area contributed by atoms with Crippen molar-refractivity contribution < 1.29 is 14.3 Å². The Morgan fingerprint density at radius 3 is 1.77 bits per heavy atom. The fraction of sp³-hybridized carbons (Fsp3) is 0.714. The lowest BCUT2D eigenvalue weighted by atomic mass is 10.1. The van der Waals surface area contributed by atoms with E-state index in [1.54, 1.807) is 0 Å². The fourth-order valence-corrected chi connectivity index (χ4v) is 12.8. The lowest BCUT2D eigenvalue weighted by Crippen LogP contribution is -2.12. The molecule has 3 rings (SSSR count). The minimum atomic E-state index is -0.681. The third kappa shape index (κ3) is 3.35. The van der Waals surface area contributed by atoms with Crippen molar-refractivity contribution in [3.63, 3.8) is 0 Å². The van der Waals surface area contributed by atoms with Crippen LogP contribution < -0.4 is 0 Å². The molecular weight excluding hydrogens is 362 g/mol. The van der Waals surface area contributed by atoms with Crippen molar-refractivity contribution in [3.8, 4) is 0 Å². The largest absolute Gasteiger partial charge is 0.386 e. The van der Waals surface area contributed by atoms with Crippen molar-refractivity contribution >= 4 is 27.8 Å². The van der Waals surface area contributed by atoms with Crippen molar-refractivity contribution in [2.45, 2.75) is 95.3 Å². The predicted octanol–water partition coefficient (Wildman–Crippen LogP) is 6.11. The molecule has 2 fully saturated rings. The lowest BCUT2D eigenvalue weighted by Gasteiger charge is -2.29. The van der Waals surface area contributed by atoms with Crippen LogP contribution in [0.25, 0.3) is 0 Å². The highest BCUT2D eigenvalue weighted by Gasteiger charge is 2.51. The van der Waals surface area contributed by atoms with Gasteiger partial charge in [0.05, 0.1) is 10.6 Å². The summed E-state index contributed by atoms with van der Waals surface area (Å²) in [5.74, 6) is -0.624. The minimum absolute atomic E-state index is 0.306.